The second-order valence-electron chi connectivity index (χ2n) is 5.25. The first-order chi connectivity index (χ1) is 11.1. The van der Waals surface area contributed by atoms with Gasteiger partial charge < -0.3 is 19.1 Å². The summed E-state index contributed by atoms with van der Waals surface area (Å²) in [6, 6.07) is 6.73. The van der Waals surface area contributed by atoms with Gasteiger partial charge in [0.05, 0.1) is 0 Å². The van der Waals surface area contributed by atoms with E-state index in [4.69, 9.17) is 25.6 Å². The van der Waals surface area contributed by atoms with Gasteiger partial charge in [-0.2, -0.15) is 0 Å². The summed E-state index contributed by atoms with van der Waals surface area (Å²) < 4.78 is 16.2. The summed E-state index contributed by atoms with van der Waals surface area (Å²) in [5.41, 5.74) is 0.885. The van der Waals surface area contributed by atoms with Crippen LogP contribution in [-0.4, -0.2) is 29.1 Å². The van der Waals surface area contributed by atoms with E-state index < -0.39 is 5.97 Å². The Bertz CT molecular complexity index is 676. The maximum Gasteiger partial charge on any atom is 0.341 e. The second kappa shape index (κ2) is 7.12. The maximum absolute atomic E-state index is 11.6. The molecule has 1 N–H and O–H groups in total. The van der Waals surface area contributed by atoms with Crippen LogP contribution in [0.2, 0.25) is 5.02 Å². The number of aromatic carboxylic acids is 1. The topological polar surface area (TPSA) is 81.8 Å². The van der Waals surface area contributed by atoms with Gasteiger partial charge in [-0.1, -0.05) is 28.9 Å². The molecule has 3 rings (SSSR count). The lowest BCUT2D eigenvalue weighted by atomic mass is 10.1. The maximum atomic E-state index is 11.6. The minimum absolute atomic E-state index is 0.00290. The number of carbonyl (C=O) groups is 1. The minimum Gasteiger partial charge on any atom is -0.477 e. The Morgan fingerprint density at radius 1 is 1.35 bits per heavy atom. The molecular weight excluding hydrogens is 322 g/mol. The molecule has 6 nitrogen and oxygen atoms in total. The van der Waals surface area contributed by atoms with E-state index >= 15 is 0 Å². The van der Waals surface area contributed by atoms with E-state index in [0.29, 0.717) is 17.2 Å². The first kappa shape index (κ1) is 16.0. The molecule has 2 aromatic rings. The quantitative estimate of drug-likeness (QED) is 0.895. The van der Waals surface area contributed by atoms with Crippen LogP contribution < -0.4 is 0 Å². The van der Waals surface area contributed by atoms with Gasteiger partial charge in [-0.3, -0.25) is 0 Å². The highest BCUT2D eigenvalue weighted by Gasteiger charge is 2.25. The average molecular weight is 338 g/mol. The SMILES string of the molecule is O=C(O)c1c(-c2ccc(Cl)cc2)noc1CO[C@@H]1CCCCO1. The molecule has 23 heavy (non-hydrogen) atoms. The third kappa shape index (κ3) is 3.72. The van der Waals surface area contributed by atoms with Crippen molar-refractivity contribution in [2.45, 2.75) is 32.2 Å². The smallest absolute Gasteiger partial charge is 0.341 e. The zero-order valence-electron chi connectivity index (χ0n) is 12.3. The largest absolute Gasteiger partial charge is 0.477 e. The molecule has 1 saturated heterocycles. The van der Waals surface area contributed by atoms with Gasteiger partial charge in [0.15, 0.2) is 12.1 Å². The molecule has 0 radical (unpaired) electrons. The second-order valence-corrected chi connectivity index (χ2v) is 5.68. The molecule has 122 valence electrons. The van der Waals surface area contributed by atoms with E-state index in [1.807, 2.05) is 0 Å². The Morgan fingerprint density at radius 3 is 2.78 bits per heavy atom. The third-order valence-corrected chi connectivity index (χ3v) is 3.88. The van der Waals surface area contributed by atoms with Gasteiger partial charge in [0.2, 0.25) is 0 Å². The lowest BCUT2D eigenvalue weighted by molar-refractivity contribution is -0.171. The van der Waals surface area contributed by atoms with Gasteiger partial charge in [0.25, 0.3) is 0 Å². The van der Waals surface area contributed by atoms with Crippen molar-refractivity contribution in [2.24, 2.45) is 0 Å². The van der Waals surface area contributed by atoms with E-state index in [0.717, 1.165) is 19.3 Å². The number of benzene rings is 1. The summed E-state index contributed by atoms with van der Waals surface area (Å²) >= 11 is 5.85. The van der Waals surface area contributed by atoms with Crippen molar-refractivity contribution in [2.75, 3.05) is 6.61 Å². The van der Waals surface area contributed by atoms with Crippen LogP contribution in [0.3, 0.4) is 0 Å². The zero-order valence-corrected chi connectivity index (χ0v) is 13.1. The van der Waals surface area contributed by atoms with Crippen LogP contribution >= 0.6 is 11.6 Å². The van der Waals surface area contributed by atoms with Crippen LogP contribution in [0.25, 0.3) is 11.3 Å². The summed E-state index contributed by atoms with van der Waals surface area (Å²) in [6.45, 7) is 0.662. The number of rotatable bonds is 5. The predicted octanol–water partition coefficient (Wildman–Crippen LogP) is 3.74. The number of carboxylic acid groups (broad SMARTS) is 1. The van der Waals surface area contributed by atoms with Gasteiger partial charge in [-0.25, -0.2) is 4.79 Å². The number of hydrogen-bond acceptors (Lipinski definition) is 5. The predicted molar refractivity (Wildman–Crippen MR) is 82.3 cm³/mol. The first-order valence-corrected chi connectivity index (χ1v) is 7.74. The van der Waals surface area contributed by atoms with Crippen molar-refractivity contribution in [1.82, 2.24) is 5.16 Å². The van der Waals surface area contributed by atoms with Crippen LogP contribution in [-0.2, 0) is 16.1 Å². The average Bonchev–Trinajstić information content (AvgIpc) is 2.99. The van der Waals surface area contributed by atoms with Gasteiger partial charge in [-0.15, -0.1) is 0 Å². The molecule has 0 saturated carbocycles. The Labute approximate surface area is 137 Å². The highest BCUT2D eigenvalue weighted by atomic mass is 35.5. The summed E-state index contributed by atoms with van der Waals surface area (Å²) in [7, 11) is 0. The van der Waals surface area contributed by atoms with Crippen LogP contribution in [0, 0.1) is 0 Å². The molecule has 1 atom stereocenters. The monoisotopic (exact) mass is 337 g/mol. The Morgan fingerprint density at radius 2 is 2.13 bits per heavy atom. The summed E-state index contributed by atoms with van der Waals surface area (Å²) in [6.07, 6.45) is 2.52. The summed E-state index contributed by atoms with van der Waals surface area (Å²) in [5.74, 6) is -0.934. The van der Waals surface area contributed by atoms with E-state index in [-0.39, 0.29) is 29.9 Å². The molecule has 0 aliphatic carbocycles. The lowest BCUT2D eigenvalue weighted by Gasteiger charge is -2.22. The molecule has 0 amide bonds. The van der Waals surface area contributed by atoms with Crippen LogP contribution in [0.1, 0.15) is 35.4 Å². The fourth-order valence-electron chi connectivity index (χ4n) is 2.46. The Balaban J connectivity index is 1.80. The van der Waals surface area contributed by atoms with E-state index in [9.17, 15) is 9.90 Å². The highest BCUT2D eigenvalue weighted by Crippen LogP contribution is 2.28. The van der Waals surface area contributed by atoms with Crippen molar-refractivity contribution in [1.29, 1.82) is 0 Å². The Hall–Kier alpha value is -1.89. The highest BCUT2D eigenvalue weighted by molar-refractivity contribution is 6.30. The van der Waals surface area contributed by atoms with Crippen molar-refractivity contribution >= 4 is 17.6 Å². The van der Waals surface area contributed by atoms with Crippen LogP contribution in [0.5, 0.6) is 0 Å². The van der Waals surface area contributed by atoms with Crippen molar-refractivity contribution in [3.8, 4) is 11.3 Å². The molecule has 1 aliphatic rings. The van der Waals surface area contributed by atoms with E-state index in [1.165, 1.54) is 0 Å². The molecule has 1 aromatic carbocycles. The number of aromatic nitrogens is 1. The normalized spacial score (nSPS) is 18.0. The molecule has 1 aliphatic heterocycles. The molecular formula is C16H16ClNO5. The molecule has 0 unspecified atom stereocenters. The first-order valence-electron chi connectivity index (χ1n) is 7.36. The Kier molecular flexibility index (Phi) is 4.95. The molecule has 2 heterocycles. The third-order valence-electron chi connectivity index (χ3n) is 3.63. The van der Waals surface area contributed by atoms with Gasteiger partial charge in [0, 0.05) is 17.2 Å². The number of ether oxygens (including phenoxy) is 2. The van der Waals surface area contributed by atoms with Crippen molar-refractivity contribution < 1.29 is 23.9 Å². The van der Waals surface area contributed by atoms with Crippen LogP contribution in [0.15, 0.2) is 28.8 Å². The number of nitrogens with zero attached hydrogens (tertiary/aromatic N) is 1. The fraction of sp³-hybridized carbons (Fsp3) is 0.375. The van der Waals surface area contributed by atoms with Gasteiger partial charge in [0.1, 0.15) is 17.9 Å². The zero-order chi connectivity index (χ0) is 16.2. The van der Waals surface area contributed by atoms with Crippen LogP contribution in [0.4, 0.5) is 0 Å². The van der Waals surface area contributed by atoms with Crippen molar-refractivity contribution in [3.63, 3.8) is 0 Å². The summed E-state index contributed by atoms with van der Waals surface area (Å²) in [4.78, 5) is 11.6. The number of hydrogen-bond donors (Lipinski definition) is 1. The number of carboxylic acids is 1. The summed E-state index contributed by atoms with van der Waals surface area (Å²) in [5, 5.41) is 13.9. The van der Waals surface area contributed by atoms with Gasteiger partial charge in [-0.05, 0) is 31.4 Å². The molecule has 1 aromatic heterocycles. The van der Waals surface area contributed by atoms with E-state index in [1.54, 1.807) is 24.3 Å². The standard InChI is InChI=1S/C16H16ClNO5/c17-11-6-4-10(5-7-11)15-14(16(19)20)12(23-18-15)9-22-13-3-1-2-8-21-13/h4-7,13H,1-3,8-9H2,(H,19,20)/t13-/m1/s1. The molecule has 0 spiro atoms. The fourth-order valence-corrected chi connectivity index (χ4v) is 2.59. The minimum atomic E-state index is -1.11. The number of halogens is 1. The molecule has 0 bridgehead atoms. The lowest BCUT2D eigenvalue weighted by Crippen LogP contribution is -2.22. The van der Waals surface area contributed by atoms with E-state index in [2.05, 4.69) is 5.16 Å². The molecule has 7 heteroatoms. The van der Waals surface area contributed by atoms with Crippen molar-refractivity contribution in [3.05, 3.63) is 40.6 Å². The van der Waals surface area contributed by atoms with Gasteiger partial charge >= 0.3 is 5.97 Å². The molecule has 1 fully saturated rings.